The number of nitrogens with one attached hydrogen (secondary N) is 1. The highest BCUT2D eigenvalue weighted by Crippen LogP contribution is 2.23. The molecule has 1 amide bonds. The first-order valence-corrected chi connectivity index (χ1v) is 8.95. The van der Waals surface area contributed by atoms with Gasteiger partial charge < -0.3 is 15.0 Å². The summed E-state index contributed by atoms with van der Waals surface area (Å²) in [6.07, 6.45) is 1.14. The van der Waals surface area contributed by atoms with Crippen LogP contribution in [-0.2, 0) is 9.53 Å². The molecule has 0 radical (unpaired) electrons. The van der Waals surface area contributed by atoms with Gasteiger partial charge in [-0.05, 0) is 38.3 Å². The summed E-state index contributed by atoms with van der Waals surface area (Å²) in [4.78, 5) is 16.8. The maximum Gasteiger partial charge on any atom is 0.234 e. The summed E-state index contributed by atoms with van der Waals surface area (Å²) in [6, 6.07) is 10.5. The summed E-state index contributed by atoms with van der Waals surface area (Å²) in [5.41, 5.74) is 1.13. The first-order valence-electron chi connectivity index (χ1n) is 8.95. The Morgan fingerprint density at radius 2 is 2.08 bits per heavy atom. The molecule has 2 aliphatic rings. The van der Waals surface area contributed by atoms with Crippen molar-refractivity contribution in [2.24, 2.45) is 5.92 Å². The minimum atomic E-state index is -0.153. The van der Waals surface area contributed by atoms with E-state index in [-0.39, 0.29) is 11.5 Å². The van der Waals surface area contributed by atoms with Gasteiger partial charge in [-0.25, -0.2) is 0 Å². The molecule has 1 atom stereocenters. The Bertz CT molecular complexity index is 547. The highest BCUT2D eigenvalue weighted by Gasteiger charge is 2.28. The first-order chi connectivity index (χ1) is 11.5. The fourth-order valence-corrected chi connectivity index (χ4v) is 3.64. The molecule has 0 bridgehead atoms. The van der Waals surface area contributed by atoms with Crippen LogP contribution in [0.2, 0.25) is 0 Å². The van der Waals surface area contributed by atoms with Crippen molar-refractivity contribution in [3.8, 4) is 0 Å². The smallest absolute Gasteiger partial charge is 0.234 e. The number of carbonyl (C=O) groups excluding carboxylic acids is 1. The van der Waals surface area contributed by atoms with Crippen molar-refractivity contribution in [1.29, 1.82) is 0 Å². The second-order valence-electron chi connectivity index (χ2n) is 7.56. The van der Waals surface area contributed by atoms with Crippen LogP contribution < -0.4 is 10.2 Å². The van der Waals surface area contributed by atoms with Crippen LogP contribution in [-0.4, -0.2) is 62.3 Å². The molecule has 0 spiro atoms. The number of amides is 1. The van der Waals surface area contributed by atoms with E-state index in [0.29, 0.717) is 19.1 Å². The third-order valence-corrected chi connectivity index (χ3v) is 4.87. The molecule has 0 saturated carbocycles. The molecule has 1 aromatic rings. The lowest BCUT2D eigenvalue weighted by Gasteiger charge is -2.37. The van der Waals surface area contributed by atoms with Crippen molar-refractivity contribution in [1.82, 2.24) is 10.2 Å². The zero-order valence-corrected chi connectivity index (χ0v) is 14.8. The van der Waals surface area contributed by atoms with E-state index in [1.165, 1.54) is 5.69 Å². The predicted octanol–water partition coefficient (Wildman–Crippen LogP) is 1.74. The third kappa shape index (κ3) is 4.71. The fourth-order valence-electron chi connectivity index (χ4n) is 3.64. The van der Waals surface area contributed by atoms with Crippen LogP contribution in [0.3, 0.4) is 0 Å². The van der Waals surface area contributed by atoms with Gasteiger partial charge in [-0.1, -0.05) is 18.2 Å². The lowest BCUT2D eigenvalue weighted by molar-refractivity contribution is -0.127. The van der Waals surface area contributed by atoms with Crippen molar-refractivity contribution in [2.45, 2.75) is 25.9 Å². The molecule has 132 valence electrons. The second kappa shape index (κ2) is 7.53. The molecule has 2 fully saturated rings. The van der Waals surface area contributed by atoms with Gasteiger partial charge in [0, 0.05) is 38.4 Å². The average molecular weight is 331 g/mol. The van der Waals surface area contributed by atoms with Gasteiger partial charge >= 0.3 is 0 Å². The summed E-state index contributed by atoms with van der Waals surface area (Å²) < 4.78 is 5.69. The molecule has 1 N–H and O–H groups in total. The molecule has 2 aliphatic heterocycles. The summed E-state index contributed by atoms with van der Waals surface area (Å²) in [6.45, 7) is 9.85. The number of para-hydroxylation sites is 1. The van der Waals surface area contributed by atoms with Crippen molar-refractivity contribution < 1.29 is 9.53 Å². The number of hydrogen-bond donors (Lipinski definition) is 1. The quantitative estimate of drug-likeness (QED) is 0.893. The summed E-state index contributed by atoms with van der Waals surface area (Å²) >= 11 is 0. The maximum atomic E-state index is 12.2. The number of carbonyl (C=O) groups is 1. The highest BCUT2D eigenvalue weighted by atomic mass is 16.5. The minimum Gasteiger partial charge on any atom is -0.373 e. The Balaban J connectivity index is 1.39. The van der Waals surface area contributed by atoms with Gasteiger partial charge in [0.05, 0.1) is 18.8 Å². The zero-order valence-electron chi connectivity index (χ0n) is 14.8. The van der Waals surface area contributed by atoms with Crippen LogP contribution >= 0.6 is 0 Å². The van der Waals surface area contributed by atoms with E-state index in [0.717, 1.165) is 39.1 Å². The van der Waals surface area contributed by atoms with Crippen LogP contribution in [0, 0.1) is 5.92 Å². The lowest BCUT2D eigenvalue weighted by Crippen LogP contribution is -2.51. The Morgan fingerprint density at radius 3 is 2.83 bits per heavy atom. The Hall–Kier alpha value is -1.59. The highest BCUT2D eigenvalue weighted by molar-refractivity contribution is 5.78. The SMILES string of the molecule is CC1(C)CN(CC(=O)NCC2CCN(c3ccccc3)C2)CCO1. The molecule has 2 saturated heterocycles. The monoisotopic (exact) mass is 331 g/mol. The van der Waals surface area contributed by atoms with Gasteiger partial charge in [-0.2, -0.15) is 0 Å². The lowest BCUT2D eigenvalue weighted by atomic mass is 10.1. The summed E-state index contributed by atoms with van der Waals surface area (Å²) in [7, 11) is 0. The molecule has 0 aromatic heterocycles. The Labute approximate surface area is 145 Å². The number of rotatable bonds is 5. The maximum absolute atomic E-state index is 12.2. The van der Waals surface area contributed by atoms with Crippen LogP contribution in [0.15, 0.2) is 30.3 Å². The van der Waals surface area contributed by atoms with E-state index in [1.807, 2.05) is 6.07 Å². The third-order valence-electron chi connectivity index (χ3n) is 4.87. The molecule has 5 heteroatoms. The standard InChI is InChI=1S/C19H29N3O2/c1-19(2)15-21(10-11-24-19)14-18(23)20-12-16-8-9-22(13-16)17-6-4-3-5-7-17/h3-7,16H,8-15H2,1-2H3,(H,20,23). The zero-order chi connectivity index (χ0) is 17.0. The van der Waals surface area contributed by atoms with Crippen molar-refractivity contribution >= 4 is 11.6 Å². The minimum absolute atomic E-state index is 0.130. The van der Waals surface area contributed by atoms with Gasteiger partial charge in [-0.3, -0.25) is 9.69 Å². The van der Waals surface area contributed by atoms with E-state index >= 15 is 0 Å². The molecule has 1 unspecified atom stereocenters. The summed E-state index contributed by atoms with van der Waals surface area (Å²) in [5.74, 6) is 0.668. The number of ether oxygens (including phenoxy) is 1. The van der Waals surface area contributed by atoms with E-state index in [2.05, 4.69) is 53.2 Å². The van der Waals surface area contributed by atoms with E-state index in [9.17, 15) is 4.79 Å². The molecule has 0 aliphatic carbocycles. The average Bonchev–Trinajstić information content (AvgIpc) is 3.02. The van der Waals surface area contributed by atoms with Crippen molar-refractivity contribution in [2.75, 3.05) is 50.8 Å². The summed E-state index contributed by atoms with van der Waals surface area (Å²) in [5, 5.41) is 3.12. The van der Waals surface area contributed by atoms with Crippen LogP contribution in [0.25, 0.3) is 0 Å². The van der Waals surface area contributed by atoms with Crippen LogP contribution in [0.1, 0.15) is 20.3 Å². The van der Waals surface area contributed by atoms with Gasteiger partial charge in [0.25, 0.3) is 0 Å². The van der Waals surface area contributed by atoms with E-state index in [4.69, 9.17) is 4.74 Å². The number of nitrogens with zero attached hydrogens (tertiary/aromatic N) is 2. The molecule has 3 rings (SSSR count). The van der Waals surface area contributed by atoms with Gasteiger partial charge in [0.2, 0.25) is 5.91 Å². The topological polar surface area (TPSA) is 44.8 Å². The molecule has 1 aromatic carbocycles. The van der Waals surface area contributed by atoms with Crippen molar-refractivity contribution in [3.05, 3.63) is 30.3 Å². The number of benzene rings is 1. The van der Waals surface area contributed by atoms with E-state index < -0.39 is 0 Å². The number of morpholine rings is 1. The fraction of sp³-hybridized carbons (Fsp3) is 0.632. The second-order valence-corrected chi connectivity index (χ2v) is 7.56. The Kier molecular flexibility index (Phi) is 5.41. The normalized spacial score (nSPS) is 24.1. The Morgan fingerprint density at radius 1 is 1.29 bits per heavy atom. The number of anilines is 1. The number of hydrogen-bond acceptors (Lipinski definition) is 4. The van der Waals surface area contributed by atoms with Crippen molar-refractivity contribution in [3.63, 3.8) is 0 Å². The molecule has 24 heavy (non-hydrogen) atoms. The van der Waals surface area contributed by atoms with E-state index in [1.54, 1.807) is 0 Å². The molecule has 2 heterocycles. The van der Waals surface area contributed by atoms with Gasteiger partial charge in [-0.15, -0.1) is 0 Å². The molecular formula is C19H29N3O2. The predicted molar refractivity (Wildman–Crippen MR) is 96.2 cm³/mol. The van der Waals surface area contributed by atoms with Crippen LogP contribution in [0.5, 0.6) is 0 Å². The largest absolute Gasteiger partial charge is 0.373 e. The first kappa shape index (κ1) is 17.2. The molecule has 5 nitrogen and oxygen atoms in total. The van der Waals surface area contributed by atoms with Crippen LogP contribution in [0.4, 0.5) is 5.69 Å². The molecular weight excluding hydrogens is 302 g/mol. The van der Waals surface area contributed by atoms with Gasteiger partial charge in [0.15, 0.2) is 0 Å². The van der Waals surface area contributed by atoms with Gasteiger partial charge in [0.1, 0.15) is 0 Å².